The second-order valence-electron chi connectivity index (χ2n) is 13.7. The van der Waals surface area contributed by atoms with Gasteiger partial charge in [0.05, 0.1) is 26.4 Å². The van der Waals surface area contributed by atoms with E-state index in [2.05, 4.69) is 21.3 Å². The van der Waals surface area contributed by atoms with Crippen LogP contribution in [0.2, 0.25) is 0 Å². The molecule has 0 radical (unpaired) electrons. The lowest BCUT2D eigenvalue weighted by atomic mass is 9.93. The smallest absolute Gasteiger partial charge is 0.217 e. The highest BCUT2D eigenvalue weighted by molar-refractivity contribution is 5.74. The Balaban J connectivity index is 1.60. The van der Waals surface area contributed by atoms with E-state index in [-0.39, 0.29) is 6.41 Å². The zero-order valence-electron chi connectivity index (χ0n) is 30.4. The summed E-state index contributed by atoms with van der Waals surface area (Å²) in [5, 5.41) is 115. The lowest BCUT2D eigenvalue weighted by Gasteiger charge is -2.50. The number of carbonyl (C=O) groups is 4. The van der Waals surface area contributed by atoms with Crippen LogP contribution in [0.1, 0.15) is 20.8 Å². The fourth-order valence-electron chi connectivity index (χ4n) is 7.04. The molecule has 25 nitrogen and oxygen atoms in total. The number of aliphatic hydroxyl groups excluding tert-OH is 10. The quantitative estimate of drug-likeness (QED) is 0.0682. The van der Waals surface area contributed by atoms with E-state index in [1.807, 2.05) is 0 Å². The molecule has 56 heavy (non-hydrogen) atoms. The van der Waals surface area contributed by atoms with Crippen LogP contribution in [0.5, 0.6) is 0 Å². The van der Waals surface area contributed by atoms with Crippen molar-refractivity contribution in [3.05, 3.63) is 0 Å². The van der Waals surface area contributed by atoms with Crippen molar-refractivity contribution in [2.45, 2.75) is 143 Å². The molecule has 4 rings (SSSR count). The number of hydrogen-bond donors (Lipinski definition) is 14. The average Bonchev–Trinajstić information content (AvgIpc) is 3.14. The SMILES string of the molecule is CC(=O)N[C@H]1[C@H](O[C@H]2[C@H](O)[C@@H](NC(C)=O)C(O)O[C@@H]2CO)O[C@H](CO)[C@@H](O[C@@H]2O[C@H](CO)[C@@H](O[C@@H]3O[C@H](CO)[C@@H](O)[C@H](O)[C@H]3NC=O)[C@H](O)[C@H]2NC(C)=O)[C@@H]1O. The Labute approximate surface area is 318 Å². The highest BCUT2D eigenvalue weighted by atomic mass is 16.8. The van der Waals surface area contributed by atoms with Gasteiger partial charge in [-0.2, -0.15) is 0 Å². The minimum Gasteiger partial charge on any atom is -0.394 e. The second-order valence-corrected chi connectivity index (χ2v) is 13.7. The molecule has 4 saturated heterocycles. The predicted molar refractivity (Wildman–Crippen MR) is 176 cm³/mol. The summed E-state index contributed by atoms with van der Waals surface area (Å²) in [5.41, 5.74) is 0. The molecule has 0 aromatic carbocycles. The molecule has 4 fully saturated rings. The van der Waals surface area contributed by atoms with Gasteiger partial charge in [0, 0.05) is 20.8 Å². The van der Waals surface area contributed by atoms with E-state index in [0.29, 0.717) is 0 Å². The van der Waals surface area contributed by atoms with Gasteiger partial charge in [-0.25, -0.2) is 0 Å². The first-order valence-corrected chi connectivity index (χ1v) is 17.6. The molecule has 20 atom stereocenters. The summed E-state index contributed by atoms with van der Waals surface area (Å²) in [5.74, 6) is -2.16. The number of ether oxygens (including phenoxy) is 7. The van der Waals surface area contributed by atoms with Gasteiger partial charge in [-0.1, -0.05) is 0 Å². The van der Waals surface area contributed by atoms with Crippen molar-refractivity contribution in [2.75, 3.05) is 26.4 Å². The zero-order chi connectivity index (χ0) is 41.6. The highest BCUT2D eigenvalue weighted by Crippen LogP contribution is 2.34. The Morgan fingerprint density at radius 1 is 0.500 bits per heavy atom. The number of rotatable bonds is 15. The fraction of sp³-hybridized carbons (Fsp3) is 0.871. The molecule has 322 valence electrons. The largest absolute Gasteiger partial charge is 0.394 e. The van der Waals surface area contributed by atoms with Crippen LogP contribution in [-0.4, -0.2) is 224 Å². The molecule has 4 amide bonds. The molecule has 0 aliphatic carbocycles. The first-order chi connectivity index (χ1) is 26.5. The molecule has 4 aliphatic heterocycles. The minimum absolute atomic E-state index is 0.169. The van der Waals surface area contributed by atoms with Gasteiger partial charge in [0.25, 0.3) is 0 Å². The third-order valence-electron chi connectivity index (χ3n) is 9.70. The summed E-state index contributed by atoms with van der Waals surface area (Å²) in [6.07, 6.45) is -26.7. The molecule has 25 heteroatoms. The Kier molecular flexibility index (Phi) is 16.6. The van der Waals surface area contributed by atoms with Crippen molar-refractivity contribution >= 4 is 24.1 Å². The fourth-order valence-corrected chi connectivity index (χ4v) is 7.04. The Morgan fingerprint density at radius 3 is 1.21 bits per heavy atom. The van der Waals surface area contributed by atoms with E-state index in [1.54, 1.807) is 0 Å². The van der Waals surface area contributed by atoms with Gasteiger partial charge in [0.1, 0.15) is 97.4 Å². The predicted octanol–water partition coefficient (Wildman–Crippen LogP) is -9.56. The molecule has 0 aromatic rings. The van der Waals surface area contributed by atoms with E-state index < -0.39 is 167 Å². The summed E-state index contributed by atoms with van der Waals surface area (Å²) in [7, 11) is 0. The third-order valence-corrected chi connectivity index (χ3v) is 9.70. The monoisotopic (exact) mass is 816 g/mol. The topological polar surface area (TPSA) is 383 Å². The highest BCUT2D eigenvalue weighted by Gasteiger charge is 2.56. The van der Waals surface area contributed by atoms with Gasteiger partial charge in [-0.3, -0.25) is 19.2 Å². The maximum Gasteiger partial charge on any atom is 0.217 e. The molecular formula is C31H52N4O21. The van der Waals surface area contributed by atoms with Crippen LogP contribution in [0.3, 0.4) is 0 Å². The van der Waals surface area contributed by atoms with Gasteiger partial charge >= 0.3 is 0 Å². The first kappa shape index (κ1) is 45.9. The normalized spacial score (nSPS) is 44.3. The van der Waals surface area contributed by atoms with E-state index in [4.69, 9.17) is 33.2 Å². The summed E-state index contributed by atoms with van der Waals surface area (Å²) in [6, 6.07) is -6.14. The third kappa shape index (κ3) is 10.2. The average molecular weight is 817 g/mol. The Hall–Kier alpha value is -2.80. The van der Waals surface area contributed by atoms with Crippen molar-refractivity contribution in [1.29, 1.82) is 0 Å². The number of carbonyl (C=O) groups excluding carboxylic acids is 4. The number of nitrogens with one attached hydrogen (secondary N) is 4. The van der Waals surface area contributed by atoms with Gasteiger partial charge in [-0.15, -0.1) is 0 Å². The van der Waals surface area contributed by atoms with Crippen molar-refractivity contribution < 1.29 is 103 Å². The van der Waals surface area contributed by atoms with E-state index in [9.17, 15) is 70.2 Å². The summed E-state index contributed by atoms with van der Waals surface area (Å²) >= 11 is 0. The summed E-state index contributed by atoms with van der Waals surface area (Å²) < 4.78 is 40.4. The van der Waals surface area contributed by atoms with Gasteiger partial charge in [0.2, 0.25) is 24.1 Å². The first-order valence-electron chi connectivity index (χ1n) is 17.6. The standard InChI is InChI=1S/C31H52N4O21/c1-9(41)33-16-22(46)25(13(5-37)50-28(16)49)55-30-19(35-11(3)43)24(48)27(15(7-39)53-30)56-31-18(34-10(2)42)23(47)26(14(6-38)52-31)54-29-17(32-8-40)21(45)20(44)12(4-36)51-29/h8,12-31,36-39,44-49H,4-7H2,1-3H3,(H,32,40)(H,33,41)(H,34,42)(H,35,43)/t12-,13-,14-,15-,16-,17-,18-,19-,20-,21-,22-,23-,24-,25-,26-,27-,28?,29+,30+,31+/m1/s1. The maximum absolute atomic E-state index is 12.4. The van der Waals surface area contributed by atoms with Crippen LogP contribution < -0.4 is 21.3 Å². The Bertz CT molecular complexity index is 1320. The molecule has 0 spiro atoms. The minimum atomic E-state index is -1.89. The van der Waals surface area contributed by atoms with Crippen LogP contribution in [0.15, 0.2) is 0 Å². The molecule has 4 heterocycles. The maximum atomic E-state index is 12.4. The number of amides is 4. The lowest BCUT2D eigenvalue weighted by molar-refractivity contribution is -0.361. The van der Waals surface area contributed by atoms with Crippen LogP contribution in [0.25, 0.3) is 0 Å². The van der Waals surface area contributed by atoms with E-state index >= 15 is 0 Å². The van der Waals surface area contributed by atoms with E-state index in [1.165, 1.54) is 0 Å². The summed E-state index contributed by atoms with van der Waals surface area (Å²) in [6.45, 7) is -0.215. The molecule has 4 aliphatic rings. The van der Waals surface area contributed by atoms with Crippen LogP contribution in [0.4, 0.5) is 0 Å². The van der Waals surface area contributed by atoms with Crippen LogP contribution in [0, 0.1) is 0 Å². The van der Waals surface area contributed by atoms with E-state index in [0.717, 1.165) is 20.8 Å². The summed E-state index contributed by atoms with van der Waals surface area (Å²) in [4.78, 5) is 47.8. The van der Waals surface area contributed by atoms with Crippen molar-refractivity contribution in [3.63, 3.8) is 0 Å². The molecule has 0 saturated carbocycles. The molecular weight excluding hydrogens is 764 g/mol. The molecule has 0 bridgehead atoms. The van der Waals surface area contributed by atoms with Crippen molar-refractivity contribution in [2.24, 2.45) is 0 Å². The molecule has 0 aromatic heterocycles. The Morgan fingerprint density at radius 2 is 0.839 bits per heavy atom. The van der Waals surface area contributed by atoms with Gasteiger partial charge in [0.15, 0.2) is 25.2 Å². The van der Waals surface area contributed by atoms with Crippen LogP contribution in [-0.2, 0) is 52.3 Å². The lowest BCUT2D eigenvalue weighted by Crippen LogP contribution is -2.71. The number of hydrogen-bond acceptors (Lipinski definition) is 21. The number of aliphatic hydroxyl groups is 10. The second kappa shape index (κ2) is 20.3. The van der Waals surface area contributed by atoms with Crippen LogP contribution >= 0.6 is 0 Å². The van der Waals surface area contributed by atoms with Crippen molar-refractivity contribution in [3.8, 4) is 0 Å². The van der Waals surface area contributed by atoms with Gasteiger partial charge in [-0.05, 0) is 0 Å². The van der Waals surface area contributed by atoms with Crippen molar-refractivity contribution in [1.82, 2.24) is 21.3 Å². The molecule has 1 unspecified atom stereocenters. The van der Waals surface area contributed by atoms with Gasteiger partial charge < -0.3 is 105 Å². The molecule has 14 N–H and O–H groups in total. The zero-order valence-corrected chi connectivity index (χ0v) is 30.4.